The maximum Gasteiger partial charge on any atom is 0.311 e. The van der Waals surface area contributed by atoms with E-state index in [1.165, 1.54) is 18.1 Å². The first-order valence-electron chi connectivity index (χ1n) is 15.4. The van der Waals surface area contributed by atoms with Crippen molar-refractivity contribution in [1.29, 1.82) is 0 Å². The van der Waals surface area contributed by atoms with Crippen LogP contribution in [-0.4, -0.2) is 36.5 Å². The maximum absolute atomic E-state index is 13.0. The molecule has 0 aliphatic heterocycles. The van der Waals surface area contributed by atoms with Crippen LogP contribution in [0.15, 0.2) is 18.2 Å². The fraction of sp³-hybridized carbons (Fsp3) is 0.735. The third-order valence-corrected chi connectivity index (χ3v) is 8.46. The fourth-order valence-corrected chi connectivity index (χ4v) is 6.13. The average Bonchev–Trinajstić information content (AvgIpc) is 3.18. The molecular formula is C34H52O6. The number of benzene rings is 1. The summed E-state index contributed by atoms with van der Waals surface area (Å²) in [5, 5.41) is 0. The van der Waals surface area contributed by atoms with Gasteiger partial charge in [0.1, 0.15) is 24.6 Å². The molecule has 1 aromatic rings. The minimum absolute atomic E-state index is 0.00188. The van der Waals surface area contributed by atoms with E-state index in [4.69, 9.17) is 14.2 Å². The van der Waals surface area contributed by atoms with Crippen LogP contribution < -0.4 is 4.74 Å². The molecule has 1 fully saturated rings. The standard InChI is InChI=1S/C34H52O6/c1-9-10-11-14-25(39-31(36)33(3,4)5)16-17-26-27-18-23-13-12-15-29(38-21-22(2)35)28(23)19-24(27)20-30(26)40-32(37)34(6,7)8/h12-13,15,24-27,30H,9-11,14,16-21H2,1-8H3/t24-,25-,26+,27-,30+/m0/s1. The SMILES string of the molecule is CCCCC[C@@H](CC[C@@H]1[C@H]2Cc3cccc(OCC(C)=O)c3C[C@H]2C[C@H]1OC(=O)C(C)(C)C)OC(=O)C(C)(C)C. The first kappa shape index (κ1) is 32.1. The van der Waals surface area contributed by atoms with Gasteiger partial charge in [-0.3, -0.25) is 14.4 Å². The van der Waals surface area contributed by atoms with Gasteiger partial charge in [0.25, 0.3) is 0 Å². The molecule has 0 spiro atoms. The number of fused-ring (bicyclic) bond motifs is 2. The van der Waals surface area contributed by atoms with Gasteiger partial charge in [-0.15, -0.1) is 0 Å². The van der Waals surface area contributed by atoms with Crippen molar-refractivity contribution in [1.82, 2.24) is 0 Å². The van der Waals surface area contributed by atoms with Crippen LogP contribution >= 0.6 is 0 Å². The monoisotopic (exact) mass is 556 g/mol. The van der Waals surface area contributed by atoms with E-state index >= 15 is 0 Å². The second kappa shape index (κ2) is 13.5. The summed E-state index contributed by atoms with van der Waals surface area (Å²) in [6, 6.07) is 6.12. The molecule has 6 nitrogen and oxygen atoms in total. The summed E-state index contributed by atoms with van der Waals surface area (Å²) in [4.78, 5) is 37.4. The van der Waals surface area contributed by atoms with Gasteiger partial charge in [0.2, 0.25) is 0 Å². The minimum Gasteiger partial charge on any atom is -0.486 e. The Hall–Kier alpha value is -2.37. The van der Waals surface area contributed by atoms with E-state index in [0.29, 0.717) is 11.8 Å². The van der Waals surface area contributed by atoms with Crippen molar-refractivity contribution in [3.05, 3.63) is 29.3 Å². The van der Waals surface area contributed by atoms with E-state index < -0.39 is 10.8 Å². The quantitative estimate of drug-likeness (QED) is 0.199. The number of carbonyl (C=O) groups is 3. The van der Waals surface area contributed by atoms with Crippen molar-refractivity contribution in [3.8, 4) is 5.75 Å². The molecule has 3 rings (SSSR count). The number of unbranched alkanes of at least 4 members (excludes halogenated alkanes) is 2. The lowest BCUT2D eigenvalue weighted by atomic mass is 9.73. The number of rotatable bonds is 12. The highest BCUT2D eigenvalue weighted by Crippen LogP contribution is 2.50. The van der Waals surface area contributed by atoms with Gasteiger partial charge in [-0.1, -0.05) is 31.9 Å². The third kappa shape index (κ3) is 8.57. The summed E-state index contributed by atoms with van der Waals surface area (Å²) < 4.78 is 18.2. The lowest BCUT2D eigenvalue weighted by molar-refractivity contribution is -0.161. The maximum atomic E-state index is 13.0. The smallest absolute Gasteiger partial charge is 0.311 e. The van der Waals surface area contributed by atoms with Gasteiger partial charge in [0.05, 0.1) is 10.8 Å². The van der Waals surface area contributed by atoms with Crippen molar-refractivity contribution < 1.29 is 28.6 Å². The molecule has 1 aromatic carbocycles. The molecule has 6 heteroatoms. The molecule has 2 aliphatic carbocycles. The van der Waals surface area contributed by atoms with Crippen LogP contribution in [0.2, 0.25) is 0 Å². The van der Waals surface area contributed by atoms with Gasteiger partial charge in [-0.05, 0) is 128 Å². The van der Waals surface area contributed by atoms with Crippen LogP contribution in [0.3, 0.4) is 0 Å². The summed E-state index contributed by atoms with van der Waals surface area (Å²) in [6.45, 7) is 15.2. The number of Topliss-reactive ketones (excluding diaryl/α,β-unsaturated/α-hetero) is 1. The van der Waals surface area contributed by atoms with Gasteiger partial charge in [-0.25, -0.2) is 0 Å². The molecule has 0 amide bonds. The van der Waals surface area contributed by atoms with Crippen LogP contribution in [0.25, 0.3) is 0 Å². The van der Waals surface area contributed by atoms with E-state index in [2.05, 4.69) is 13.0 Å². The number of esters is 2. The zero-order valence-electron chi connectivity index (χ0n) is 26.1. The van der Waals surface area contributed by atoms with Crippen molar-refractivity contribution in [2.24, 2.45) is 28.6 Å². The zero-order valence-corrected chi connectivity index (χ0v) is 26.1. The van der Waals surface area contributed by atoms with Crippen molar-refractivity contribution in [2.75, 3.05) is 6.61 Å². The topological polar surface area (TPSA) is 78.9 Å². The Morgan fingerprint density at radius 1 is 0.950 bits per heavy atom. The Bertz CT molecular complexity index is 1030. The predicted octanol–water partition coefficient (Wildman–Crippen LogP) is 7.28. The molecule has 0 unspecified atom stereocenters. The van der Waals surface area contributed by atoms with Crippen molar-refractivity contribution in [3.63, 3.8) is 0 Å². The first-order chi connectivity index (χ1) is 18.7. The minimum atomic E-state index is -0.570. The summed E-state index contributed by atoms with van der Waals surface area (Å²) in [6.07, 6.45) is 8.05. The Kier molecular flexibility index (Phi) is 10.9. The molecule has 0 N–H and O–H groups in total. The number of ketones is 1. The number of ether oxygens (including phenoxy) is 3. The molecule has 224 valence electrons. The largest absolute Gasteiger partial charge is 0.486 e. The molecule has 2 aliphatic rings. The van der Waals surface area contributed by atoms with Gasteiger partial charge < -0.3 is 14.2 Å². The summed E-state index contributed by atoms with van der Waals surface area (Å²) >= 11 is 0. The molecule has 0 saturated heterocycles. The molecule has 0 bridgehead atoms. The molecule has 5 atom stereocenters. The van der Waals surface area contributed by atoms with E-state index in [9.17, 15) is 14.4 Å². The Labute approximate surface area is 241 Å². The van der Waals surface area contributed by atoms with Crippen LogP contribution in [0, 0.1) is 28.6 Å². The molecule has 0 aromatic heterocycles. The van der Waals surface area contributed by atoms with Gasteiger partial charge >= 0.3 is 11.9 Å². The fourth-order valence-electron chi connectivity index (χ4n) is 6.13. The predicted molar refractivity (Wildman–Crippen MR) is 157 cm³/mol. The average molecular weight is 557 g/mol. The van der Waals surface area contributed by atoms with Crippen molar-refractivity contribution >= 4 is 17.7 Å². The third-order valence-electron chi connectivity index (χ3n) is 8.46. The first-order valence-corrected chi connectivity index (χ1v) is 15.4. The normalized spacial score (nSPS) is 23.1. The highest BCUT2D eigenvalue weighted by Gasteiger charge is 2.48. The summed E-state index contributed by atoms with van der Waals surface area (Å²) in [5.74, 6) is 1.43. The molecular weight excluding hydrogens is 504 g/mol. The Morgan fingerprint density at radius 2 is 1.65 bits per heavy atom. The van der Waals surface area contributed by atoms with Gasteiger partial charge in [0, 0.05) is 0 Å². The number of hydrogen-bond acceptors (Lipinski definition) is 6. The van der Waals surface area contributed by atoms with Crippen LogP contribution in [0.5, 0.6) is 5.75 Å². The highest BCUT2D eigenvalue weighted by atomic mass is 16.6. The van der Waals surface area contributed by atoms with Crippen molar-refractivity contribution in [2.45, 2.75) is 125 Å². The number of hydrogen-bond donors (Lipinski definition) is 0. The molecule has 1 saturated carbocycles. The number of carbonyl (C=O) groups excluding carboxylic acids is 3. The van der Waals surface area contributed by atoms with Gasteiger partial charge in [0.15, 0.2) is 5.78 Å². The van der Waals surface area contributed by atoms with Crippen LogP contribution in [0.1, 0.15) is 111 Å². The lowest BCUT2D eigenvalue weighted by Gasteiger charge is -2.33. The summed E-state index contributed by atoms with van der Waals surface area (Å²) in [5.41, 5.74) is 1.33. The van der Waals surface area contributed by atoms with Gasteiger partial charge in [-0.2, -0.15) is 0 Å². The molecule has 0 heterocycles. The highest BCUT2D eigenvalue weighted by molar-refractivity contribution is 5.77. The summed E-state index contributed by atoms with van der Waals surface area (Å²) in [7, 11) is 0. The molecule has 40 heavy (non-hydrogen) atoms. The second-order valence-electron chi connectivity index (χ2n) is 14.2. The Morgan fingerprint density at radius 3 is 2.27 bits per heavy atom. The van der Waals surface area contributed by atoms with E-state index in [-0.39, 0.29) is 42.5 Å². The van der Waals surface area contributed by atoms with Crippen LogP contribution in [-0.2, 0) is 36.7 Å². The van der Waals surface area contributed by atoms with E-state index in [1.807, 2.05) is 53.7 Å². The van der Waals surface area contributed by atoms with E-state index in [1.54, 1.807) is 0 Å². The molecule has 0 radical (unpaired) electrons. The van der Waals surface area contributed by atoms with E-state index in [0.717, 1.165) is 63.5 Å². The van der Waals surface area contributed by atoms with Crippen LogP contribution in [0.4, 0.5) is 0 Å². The zero-order chi connectivity index (χ0) is 29.7. The lowest BCUT2D eigenvalue weighted by Crippen LogP contribution is -2.34. The second-order valence-corrected chi connectivity index (χ2v) is 14.2. The Balaban J connectivity index is 1.82.